The van der Waals surface area contributed by atoms with Gasteiger partial charge in [-0.1, -0.05) is 18.2 Å². The monoisotopic (exact) mass is 370 g/mol. The lowest BCUT2D eigenvalue weighted by molar-refractivity contribution is 0.110. The molecule has 0 saturated heterocycles. The molecule has 0 fully saturated rings. The molecule has 0 atom stereocenters. The molecule has 0 bridgehead atoms. The van der Waals surface area contributed by atoms with Crippen molar-refractivity contribution in [1.29, 1.82) is 0 Å². The van der Waals surface area contributed by atoms with Crippen LogP contribution in [0.4, 0.5) is 10.5 Å². The Hall–Kier alpha value is -3.13. The second kappa shape index (κ2) is 9.00. The van der Waals surface area contributed by atoms with Gasteiger partial charge in [-0.25, -0.2) is 9.42 Å². The molecule has 0 radical (unpaired) electrons. The summed E-state index contributed by atoms with van der Waals surface area (Å²) in [5.41, 5.74) is 2.89. The van der Waals surface area contributed by atoms with Crippen molar-refractivity contribution < 1.29 is 18.9 Å². The average molecular weight is 370 g/mol. The highest BCUT2D eigenvalue weighted by molar-refractivity contribution is 5.90. The van der Waals surface area contributed by atoms with Crippen molar-refractivity contribution in [2.75, 3.05) is 32.2 Å². The Morgan fingerprint density at radius 1 is 1.15 bits per heavy atom. The van der Waals surface area contributed by atoms with Crippen molar-refractivity contribution in [2.45, 2.75) is 13.5 Å². The lowest BCUT2D eigenvalue weighted by Crippen LogP contribution is -2.31. The summed E-state index contributed by atoms with van der Waals surface area (Å²) < 4.78 is 15.7. The predicted molar refractivity (Wildman–Crippen MR) is 101 cm³/mol. The fourth-order valence-electron chi connectivity index (χ4n) is 2.53. The SMILES string of the molecule is CCOCCOc1ccccc1NC(=O)N(C)Cc1ccc2nonc2c1. The highest BCUT2D eigenvalue weighted by atomic mass is 16.6. The maximum Gasteiger partial charge on any atom is 0.321 e. The van der Waals surface area contributed by atoms with Gasteiger partial charge in [0, 0.05) is 20.2 Å². The van der Waals surface area contributed by atoms with Crippen LogP contribution in [-0.2, 0) is 11.3 Å². The number of urea groups is 1. The molecule has 0 spiro atoms. The fraction of sp³-hybridized carbons (Fsp3) is 0.316. The lowest BCUT2D eigenvalue weighted by Gasteiger charge is -2.19. The first-order valence-corrected chi connectivity index (χ1v) is 8.70. The summed E-state index contributed by atoms with van der Waals surface area (Å²) in [6.07, 6.45) is 0. The number of para-hydroxylation sites is 2. The summed E-state index contributed by atoms with van der Waals surface area (Å²) in [6, 6.07) is 12.6. The van der Waals surface area contributed by atoms with Gasteiger partial charge in [-0.15, -0.1) is 0 Å². The number of anilines is 1. The molecule has 142 valence electrons. The molecule has 0 aliphatic carbocycles. The zero-order valence-electron chi connectivity index (χ0n) is 15.3. The van der Waals surface area contributed by atoms with E-state index in [0.717, 1.165) is 5.56 Å². The number of amides is 2. The van der Waals surface area contributed by atoms with Gasteiger partial charge in [-0.3, -0.25) is 0 Å². The molecule has 2 aromatic carbocycles. The Kier molecular flexibility index (Phi) is 6.22. The smallest absolute Gasteiger partial charge is 0.321 e. The molecule has 8 nitrogen and oxygen atoms in total. The number of carbonyl (C=O) groups excluding carboxylic acids is 1. The summed E-state index contributed by atoms with van der Waals surface area (Å²) in [7, 11) is 1.72. The fourth-order valence-corrected chi connectivity index (χ4v) is 2.53. The van der Waals surface area contributed by atoms with Gasteiger partial charge in [0.2, 0.25) is 0 Å². The van der Waals surface area contributed by atoms with Crippen molar-refractivity contribution in [3.63, 3.8) is 0 Å². The highest BCUT2D eigenvalue weighted by Crippen LogP contribution is 2.24. The number of benzene rings is 2. The molecular weight excluding hydrogens is 348 g/mol. The lowest BCUT2D eigenvalue weighted by atomic mass is 10.2. The van der Waals surface area contributed by atoms with E-state index >= 15 is 0 Å². The van der Waals surface area contributed by atoms with E-state index in [1.165, 1.54) is 0 Å². The van der Waals surface area contributed by atoms with Crippen LogP contribution in [0.15, 0.2) is 47.1 Å². The first-order valence-electron chi connectivity index (χ1n) is 8.70. The van der Waals surface area contributed by atoms with E-state index in [1.54, 1.807) is 18.0 Å². The number of hydrogen-bond donors (Lipinski definition) is 1. The number of nitrogens with zero attached hydrogens (tertiary/aromatic N) is 3. The molecule has 1 heterocycles. The van der Waals surface area contributed by atoms with Gasteiger partial charge in [-0.05, 0) is 47.1 Å². The van der Waals surface area contributed by atoms with E-state index in [0.29, 0.717) is 48.8 Å². The van der Waals surface area contributed by atoms with Crippen LogP contribution in [0.3, 0.4) is 0 Å². The van der Waals surface area contributed by atoms with E-state index in [1.807, 2.05) is 43.3 Å². The minimum Gasteiger partial charge on any atom is -0.489 e. The Labute approximate surface area is 157 Å². The Balaban J connectivity index is 1.60. The third kappa shape index (κ3) is 4.95. The third-order valence-corrected chi connectivity index (χ3v) is 3.90. The minimum absolute atomic E-state index is 0.241. The topological polar surface area (TPSA) is 89.7 Å². The van der Waals surface area contributed by atoms with Crippen molar-refractivity contribution in [1.82, 2.24) is 15.2 Å². The molecule has 0 unspecified atom stereocenters. The standard InChI is InChI=1S/C19H22N4O4/c1-3-25-10-11-26-18-7-5-4-6-16(18)20-19(24)23(2)13-14-8-9-15-17(12-14)22-27-21-15/h4-9,12H,3,10-11,13H2,1-2H3,(H,20,24). The number of carbonyl (C=O) groups is 1. The molecular formula is C19H22N4O4. The first kappa shape index (κ1) is 18.7. The van der Waals surface area contributed by atoms with Crippen LogP contribution in [0.2, 0.25) is 0 Å². The van der Waals surface area contributed by atoms with Gasteiger partial charge in [0.15, 0.2) is 0 Å². The number of aromatic nitrogens is 2. The van der Waals surface area contributed by atoms with Crippen LogP contribution in [0.25, 0.3) is 11.0 Å². The zero-order valence-corrected chi connectivity index (χ0v) is 15.3. The average Bonchev–Trinajstić information content (AvgIpc) is 3.14. The van der Waals surface area contributed by atoms with Gasteiger partial charge >= 0.3 is 6.03 Å². The van der Waals surface area contributed by atoms with Gasteiger partial charge in [0.05, 0.1) is 12.3 Å². The van der Waals surface area contributed by atoms with E-state index in [2.05, 4.69) is 15.6 Å². The zero-order chi connectivity index (χ0) is 19.1. The summed E-state index contributed by atoms with van der Waals surface area (Å²) in [5, 5.41) is 10.5. The molecule has 0 aliphatic rings. The molecule has 0 aliphatic heterocycles. The summed E-state index contributed by atoms with van der Waals surface area (Å²) in [4.78, 5) is 14.1. The van der Waals surface area contributed by atoms with E-state index in [9.17, 15) is 4.79 Å². The van der Waals surface area contributed by atoms with Crippen LogP contribution in [-0.4, -0.2) is 48.1 Å². The molecule has 8 heteroatoms. The van der Waals surface area contributed by atoms with Crippen molar-refractivity contribution in [3.05, 3.63) is 48.0 Å². The Morgan fingerprint density at radius 2 is 1.96 bits per heavy atom. The molecule has 3 rings (SSSR count). The summed E-state index contributed by atoms with van der Waals surface area (Å²) in [5.74, 6) is 0.606. The minimum atomic E-state index is -0.241. The second-order valence-electron chi connectivity index (χ2n) is 5.92. The predicted octanol–water partition coefficient (Wildman–Crippen LogP) is 3.30. The maximum absolute atomic E-state index is 12.5. The Morgan fingerprint density at radius 3 is 2.81 bits per heavy atom. The number of nitrogens with one attached hydrogen (secondary N) is 1. The molecule has 0 saturated carbocycles. The first-order chi connectivity index (χ1) is 13.2. The molecule has 3 aromatic rings. The van der Waals surface area contributed by atoms with Gasteiger partial charge in [0.1, 0.15) is 23.4 Å². The normalized spacial score (nSPS) is 10.7. The largest absolute Gasteiger partial charge is 0.489 e. The van der Waals surface area contributed by atoms with Gasteiger partial charge in [-0.2, -0.15) is 0 Å². The second-order valence-corrected chi connectivity index (χ2v) is 5.92. The van der Waals surface area contributed by atoms with Crippen LogP contribution >= 0.6 is 0 Å². The maximum atomic E-state index is 12.5. The van der Waals surface area contributed by atoms with Gasteiger partial charge in [0.25, 0.3) is 0 Å². The highest BCUT2D eigenvalue weighted by Gasteiger charge is 2.13. The molecule has 27 heavy (non-hydrogen) atoms. The summed E-state index contributed by atoms with van der Waals surface area (Å²) >= 11 is 0. The number of fused-ring (bicyclic) bond motifs is 1. The number of ether oxygens (including phenoxy) is 2. The molecule has 1 aromatic heterocycles. The molecule has 1 N–H and O–H groups in total. The number of hydrogen-bond acceptors (Lipinski definition) is 6. The van der Waals surface area contributed by atoms with Crippen LogP contribution in [0, 0.1) is 0 Å². The van der Waals surface area contributed by atoms with Gasteiger partial charge < -0.3 is 19.7 Å². The third-order valence-electron chi connectivity index (χ3n) is 3.90. The van der Waals surface area contributed by atoms with Crippen LogP contribution in [0.5, 0.6) is 5.75 Å². The van der Waals surface area contributed by atoms with E-state index in [-0.39, 0.29) is 6.03 Å². The van der Waals surface area contributed by atoms with Crippen molar-refractivity contribution in [3.8, 4) is 5.75 Å². The van der Waals surface area contributed by atoms with Crippen molar-refractivity contribution >= 4 is 22.8 Å². The quantitative estimate of drug-likeness (QED) is 0.612. The number of rotatable bonds is 8. The van der Waals surface area contributed by atoms with E-state index < -0.39 is 0 Å². The van der Waals surface area contributed by atoms with Crippen molar-refractivity contribution in [2.24, 2.45) is 0 Å². The van der Waals surface area contributed by atoms with Crippen LogP contribution in [0.1, 0.15) is 12.5 Å². The summed E-state index contributed by atoms with van der Waals surface area (Å²) in [6.45, 7) is 3.91. The van der Waals surface area contributed by atoms with E-state index in [4.69, 9.17) is 14.1 Å². The molecule has 2 amide bonds. The Bertz CT molecular complexity index is 896. The van der Waals surface area contributed by atoms with Crippen LogP contribution < -0.4 is 10.1 Å².